The molecule has 27 heavy (non-hydrogen) atoms. The number of para-hydroxylation sites is 1. The number of rotatable bonds is 6. The van der Waals surface area contributed by atoms with Crippen molar-refractivity contribution in [3.8, 4) is 11.4 Å². The van der Waals surface area contributed by atoms with Crippen molar-refractivity contribution < 1.29 is 4.74 Å². The molecule has 0 bridgehead atoms. The lowest BCUT2D eigenvalue weighted by atomic mass is 10.1. The van der Waals surface area contributed by atoms with Crippen molar-refractivity contribution in [3.63, 3.8) is 0 Å². The van der Waals surface area contributed by atoms with E-state index in [1.54, 1.807) is 11.8 Å². The van der Waals surface area contributed by atoms with Crippen LogP contribution in [0.25, 0.3) is 16.5 Å². The van der Waals surface area contributed by atoms with Crippen LogP contribution in [-0.2, 0) is 13.1 Å². The van der Waals surface area contributed by atoms with E-state index < -0.39 is 0 Å². The molecule has 0 aliphatic rings. The molecule has 0 N–H and O–H groups in total. The van der Waals surface area contributed by atoms with Crippen molar-refractivity contribution in [2.75, 3.05) is 14.2 Å². The summed E-state index contributed by atoms with van der Waals surface area (Å²) < 4.78 is 7.08. The van der Waals surface area contributed by atoms with E-state index >= 15 is 0 Å². The quantitative estimate of drug-likeness (QED) is 0.528. The minimum atomic E-state index is 0.655. The van der Waals surface area contributed by atoms with Gasteiger partial charge in [-0.3, -0.25) is 4.90 Å². The van der Waals surface area contributed by atoms with E-state index in [0.29, 0.717) is 6.54 Å². The summed E-state index contributed by atoms with van der Waals surface area (Å²) in [6, 6.07) is 22.6. The summed E-state index contributed by atoms with van der Waals surface area (Å²) in [7, 11) is 3.76. The minimum absolute atomic E-state index is 0.655. The van der Waals surface area contributed by atoms with Crippen molar-refractivity contribution in [2.45, 2.75) is 13.1 Å². The standard InChI is InChI=1S/C21H21N5O/c1-25(15-21-22-23-24-26(21)19-6-4-3-5-7-19)14-16-8-9-18-13-20(27-2)11-10-17(18)12-16/h3-13H,14-15H2,1-2H3. The van der Waals surface area contributed by atoms with Crippen LogP contribution in [0.2, 0.25) is 0 Å². The van der Waals surface area contributed by atoms with E-state index in [-0.39, 0.29) is 0 Å². The van der Waals surface area contributed by atoms with Crippen LogP contribution >= 0.6 is 0 Å². The number of hydrogen-bond donors (Lipinski definition) is 0. The van der Waals surface area contributed by atoms with Gasteiger partial charge in [-0.15, -0.1) is 5.10 Å². The maximum absolute atomic E-state index is 5.29. The SMILES string of the molecule is COc1ccc2cc(CN(C)Cc3nnnn3-c3ccccc3)ccc2c1. The topological polar surface area (TPSA) is 56.1 Å². The lowest BCUT2D eigenvalue weighted by molar-refractivity contribution is 0.307. The Hall–Kier alpha value is -3.25. The fourth-order valence-electron chi connectivity index (χ4n) is 3.18. The summed E-state index contributed by atoms with van der Waals surface area (Å²) in [6.07, 6.45) is 0. The summed E-state index contributed by atoms with van der Waals surface area (Å²) in [5, 5.41) is 14.5. The molecule has 0 atom stereocenters. The summed E-state index contributed by atoms with van der Waals surface area (Å²) >= 11 is 0. The van der Waals surface area contributed by atoms with Crippen LogP contribution in [0.5, 0.6) is 5.75 Å². The van der Waals surface area contributed by atoms with E-state index in [2.05, 4.69) is 57.8 Å². The smallest absolute Gasteiger partial charge is 0.170 e. The molecule has 6 nitrogen and oxygen atoms in total. The first kappa shape index (κ1) is 17.2. The Labute approximate surface area is 158 Å². The highest BCUT2D eigenvalue weighted by Gasteiger charge is 2.11. The zero-order valence-corrected chi connectivity index (χ0v) is 15.4. The maximum Gasteiger partial charge on any atom is 0.170 e. The van der Waals surface area contributed by atoms with Crippen molar-refractivity contribution in [1.82, 2.24) is 25.1 Å². The van der Waals surface area contributed by atoms with E-state index in [1.165, 1.54) is 16.3 Å². The van der Waals surface area contributed by atoms with E-state index in [1.807, 2.05) is 36.4 Å². The number of methoxy groups -OCH3 is 1. The third-order valence-electron chi connectivity index (χ3n) is 4.51. The maximum atomic E-state index is 5.29. The van der Waals surface area contributed by atoms with Gasteiger partial charge in [-0.1, -0.05) is 36.4 Å². The molecule has 0 saturated heterocycles. The lowest BCUT2D eigenvalue weighted by Gasteiger charge is -2.16. The normalized spacial score (nSPS) is 11.2. The summed E-state index contributed by atoms with van der Waals surface area (Å²) in [4.78, 5) is 2.20. The monoisotopic (exact) mass is 359 g/mol. The number of aromatic nitrogens is 4. The van der Waals surface area contributed by atoms with E-state index in [0.717, 1.165) is 23.8 Å². The van der Waals surface area contributed by atoms with Gasteiger partial charge in [0.25, 0.3) is 0 Å². The molecule has 3 aromatic carbocycles. The minimum Gasteiger partial charge on any atom is -0.497 e. The van der Waals surface area contributed by atoms with Gasteiger partial charge in [0.1, 0.15) is 5.75 Å². The number of benzene rings is 3. The molecule has 4 rings (SSSR count). The second-order valence-corrected chi connectivity index (χ2v) is 6.56. The highest BCUT2D eigenvalue weighted by molar-refractivity contribution is 5.84. The zero-order valence-electron chi connectivity index (χ0n) is 15.4. The molecule has 1 heterocycles. The Kier molecular flexibility index (Phi) is 4.80. The molecule has 0 radical (unpaired) electrons. The van der Waals surface area contributed by atoms with Crippen LogP contribution in [0, 0.1) is 0 Å². The molecule has 6 heteroatoms. The number of fused-ring (bicyclic) bond motifs is 1. The first-order chi connectivity index (χ1) is 13.2. The molecule has 0 saturated carbocycles. The molecule has 0 spiro atoms. The van der Waals surface area contributed by atoms with Gasteiger partial charge < -0.3 is 4.74 Å². The summed E-state index contributed by atoms with van der Waals surface area (Å²) in [6.45, 7) is 1.46. The van der Waals surface area contributed by atoms with Crippen LogP contribution in [0.3, 0.4) is 0 Å². The van der Waals surface area contributed by atoms with Crippen LogP contribution in [0.4, 0.5) is 0 Å². The highest BCUT2D eigenvalue weighted by atomic mass is 16.5. The van der Waals surface area contributed by atoms with Crippen LogP contribution in [-0.4, -0.2) is 39.3 Å². The van der Waals surface area contributed by atoms with Gasteiger partial charge >= 0.3 is 0 Å². The average molecular weight is 359 g/mol. The molecule has 0 aliphatic heterocycles. The summed E-state index contributed by atoms with van der Waals surface area (Å²) in [5.74, 6) is 1.69. The second-order valence-electron chi connectivity index (χ2n) is 6.56. The average Bonchev–Trinajstić information content (AvgIpc) is 3.16. The number of hydrogen-bond acceptors (Lipinski definition) is 5. The molecule has 0 fully saturated rings. The predicted octanol–water partition coefficient (Wildman–Crippen LogP) is 3.46. The molecule has 4 aromatic rings. The molecular weight excluding hydrogens is 338 g/mol. The van der Waals surface area contributed by atoms with Gasteiger partial charge in [0.15, 0.2) is 5.82 Å². The fourth-order valence-corrected chi connectivity index (χ4v) is 3.18. The first-order valence-electron chi connectivity index (χ1n) is 8.81. The van der Waals surface area contributed by atoms with Gasteiger partial charge in [0.2, 0.25) is 0 Å². The first-order valence-corrected chi connectivity index (χ1v) is 8.81. The Morgan fingerprint density at radius 3 is 2.52 bits per heavy atom. The van der Waals surface area contributed by atoms with Crippen molar-refractivity contribution >= 4 is 10.8 Å². The molecule has 1 aromatic heterocycles. The molecule has 136 valence electrons. The Morgan fingerprint density at radius 2 is 1.70 bits per heavy atom. The zero-order chi connectivity index (χ0) is 18.6. The van der Waals surface area contributed by atoms with Crippen molar-refractivity contribution in [3.05, 3.63) is 78.1 Å². The van der Waals surface area contributed by atoms with Crippen molar-refractivity contribution in [2.24, 2.45) is 0 Å². The van der Waals surface area contributed by atoms with Gasteiger partial charge in [0.05, 0.1) is 19.3 Å². The van der Waals surface area contributed by atoms with Crippen LogP contribution < -0.4 is 4.74 Å². The molecule has 0 unspecified atom stereocenters. The highest BCUT2D eigenvalue weighted by Crippen LogP contribution is 2.22. The van der Waals surface area contributed by atoms with Gasteiger partial charge in [0, 0.05) is 6.54 Å². The van der Waals surface area contributed by atoms with Gasteiger partial charge in [-0.2, -0.15) is 4.68 Å². The molecule has 0 aliphatic carbocycles. The predicted molar refractivity (Wildman–Crippen MR) is 105 cm³/mol. The number of tetrazole rings is 1. The Balaban J connectivity index is 1.49. The van der Waals surface area contributed by atoms with E-state index in [9.17, 15) is 0 Å². The van der Waals surface area contributed by atoms with Gasteiger partial charge in [-0.25, -0.2) is 0 Å². The third-order valence-corrected chi connectivity index (χ3v) is 4.51. The molecule has 0 amide bonds. The van der Waals surface area contributed by atoms with Crippen LogP contribution in [0.15, 0.2) is 66.7 Å². The molecular formula is C21H21N5O. The largest absolute Gasteiger partial charge is 0.497 e. The van der Waals surface area contributed by atoms with Crippen LogP contribution in [0.1, 0.15) is 11.4 Å². The fraction of sp³-hybridized carbons (Fsp3) is 0.190. The Morgan fingerprint density at radius 1 is 0.926 bits per heavy atom. The van der Waals surface area contributed by atoms with E-state index in [4.69, 9.17) is 4.74 Å². The summed E-state index contributed by atoms with van der Waals surface area (Å²) in [5.41, 5.74) is 2.21. The third kappa shape index (κ3) is 3.80. The van der Waals surface area contributed by atoms with Crippen molar-refractivity contribution in [1.29, 1.82) is 0 Å². The Bertz CT molecular complexity index is 1040. The number of ether oxygens (including phenoxy) is 1. The van der Waals surface area contributed by atoms with Gasteiger partial charge in [-0.05, 0) is 64.1 Å². The number of nitrogens with zero attached hydrogens (tertiary/aromatic N) is 5. The lowest BCUT2D eigenvalue weighted by Crippen LogP contribution is -2.20. The second kappa shape index (κ2) is 7.55.